The maximum atomic E-state index is 11.7. The number of hydrogen-bond acceptors (Lipinski definition) is 3. The van der Waals surface area contributed by atoms with Crippen molar-refractivity contribution in [3.63, 3.8) is 0 Å². The van der Waals surface area contributed by atoms with Crippen LogP contribution in [0.15, 0.2) is 41.4 Å². The van der Waals surface area contributed by atoms with Crippen LogP contribution in [0.4, 0.5) is 4.79 Å². The third-order valence-electron chi connectivity index (χ3n) is 3.93. The summed E-state index contributed by atoms with van der Waals surface area (Å²) in [5, 5.41) is 12.0. The van der Waals surface area contributed by atoms with E-state index >= 15 is 0 Å². The Morgan fingerprint density at radius 1 is 1.48 bits per heavy atom. The van der Waals surface area contributed by atoms with E-state index < -0.39 is 23.0 Å². The van der Waals surface area contributed by atoms with Crippen LogP contribution in [-0.2, 0) is 14.9 Å². The van der Waals surface area contributed by atoms with Crippen molar-refractivity contribution in [2.75, 3.05) is 6.61 Å². The number of alkyl carbamates (subject to hydrolysis) is 1. The highest BCUT2D eigenvalue weighted by molar-refractivity contribution is 9.10. The second-order valence-corrected chi connectivity index (χ2v) is 6.15. The summed E-state index contributed by atoms with van der Waals surface area (Å²) < 4.78 is 5.74. The summed E-state index contributed by atoms with van der Waals surface area (Å²) in [6, 6.07) is 7.40. The second kappa shape index (κ2) is 5.52. The molecule has 5 nitrogen and oxygen atoms in total. The van der Waals surface area contributed by atoms with Gasteiger partial charge in [0.15, 0.2) is 5.54 Å². The maximum absolute atomic E-state index is 11.7. The third kappa shape index (κ3) is 2.68. The molecule has 0 heterocycles. The lowest BCUT2D eigenvalue weighted by molar-refractivity contribution is -0.141. The molecule has 1 saturated carbocycles. The number of halogens is 1. The summed E-state index contributed by atoms with van der Waals surface area (Å²) in [5.41, 5.74) is -1.14. The molecule has 1 aliphatic carbocycles. The van der Waals surface area contributed by atoms with E-state index in [-0.39, 0.29) is 6.61 Å². The Balaban J connectivity index is 2.22. The first-order valence-corrected chi connectivity index (χ1v) is 7.20. The number of ether oxygens (including phenoxy) is 1. The molecular formula is C15H16BrNO4. The first kappa shape index (κ1) is 15.6. The molecule has 1 amide bonds. The predicted molar refractivity (Wildman–Crippen MR) is 81.2 cm³/mol. The van der Waals surface area contributed by atoms with E-state index in [4.69, 9.17) is 4.74 Å². The first-order chi connectivity index (χ1) is 9.85. The Morgan fingerprint density at radius 3 is 2.62 bits per heavy atom. The number of carboxylic acid groups (broad SMARTS) is 1. The van der Waals surface area contributed by atoms with Crippen LogP contribution in [0.3, 0.4) is 0 Å². The largest absolute Gasteiger partial charge is 0.479 e. The minimum atomic E-state index is -1.33. The lowest BCUT2D eigenvalue weighted by Crippen LogP contribution is -2.48. The molecule has 21 heavy (non-hydrogen) atoms. The van der Waals surface area contributed by atoms with Crippen molar-refractivity contribution in [1.29, 1.82) is 0 Å². The highest BCUT2D eigenvalue weighted by Gasteiger charge is 2.71. The van der Waals surface area contributed by atoms with Crippen LogP contribution in [0.2, 0.25) is 0 Å². The number of amides is 1. The van der Waals surface area contributed by atoms with E-state index in [0.29, 0.717) is 6.42 Å². The molecule has 2 atom stereocenters. The number of carbonyl (C=O) groups excluding carboxylic acids is 1. The van der Waals surface area contributed by atoms with Crippen LogP contribution in [-0.4, -0.2) is 29.3 Å². The first-order valence-electron chi connectivity index (χ1n) is 6.41. The molecule has 2 rings (SSSR count). The molecule has 1 aromatic carbocycles. The summed E-state index contributed by atoms with van der Waals surface area (Å²) in [7, 11) is 0. The zero-order valence-electron chi connectivity index (χ0n) is 11.6. The maximum Gasteiger partial charge on any atom is 0.408 e. The highest BCUT2D eigenvalue weighted by atomic mass is 79.9. The molecule has 0 aromatic heterocycles. The molecule has 2 unspecified atom stereocenters. The van der Waals surface area contributed by atoms with Crippen LogP contribution in [0, 0.1) is 0 Å². The minimum Gasteiger partial charge on any atom is -0.479 e. The van der Waals surface area contributed by atoms with Gasteiger partial charge in [-0.2, -0.15) is 0 Å². The van der Waals surface area contributed by atoms with Crippen LogP contribution in [0.5, 0.6) is 0 Å². The normalized spacial score (nSPS) is 26.8. The zero-order chi connectivity index (χ0) is 15.7. The van der Waals surface area contributed by atoms with E-state index in [9.17, 15) is 14.7 Å². The Hall–Kier alpha value is -1.82. The lowest BCUT2D eigenvalue weighted by Gasteiger charge is -2.20. The van der Waals surface area contributed by atoms with E-state index in [0.717, 1.165) is 10.0 Å². The van der Waals surface area contributed by atoms with E-state index in [1.807, 2.05) is 31.2 Å². The molecular weight excluding hydrogens is 338 g/mol. The van der Waals surface area contributed by atoms with Crippen molar-refractivity contribution in [2.24, 2.45) is 0 Å². The molecule has 2 N–H and O–H groups in total. The summed E-state index contributed by atoms with van der Waals surface area (Å²) in [6.07, 6.45) is 0.992. The van der Waals surface area contributed by atoms with Crippen LogP contribution >= 0.6 is 15.9 Å². The SMILES string of the molecule is C=CCOC(=O)NC1(C(=O)O)CC1(C)c1ccc(Br)cc1. The van der Waals surface area contributed by atoms with Gasteiger partial charge in [-0.25, -0.2) is 9.59 Å². The van der Waals surface area contributed by atoms with Gasteiger partial charge in [0.1, 0.15) is 6.61 Å². The number of benzene rings is 1. The van der Waals surface area contributed by atoms with Crippen LogP contribution in [0.25, 0.3) is 0 Å². The molecule has 1 aromatic rings. The summed E-state index contributed by atoms with van der Waals surface area (Å²) in [6.45, 7) is 5.29. The second-order valence-electron chi connectivity index (χ2n) is 5.24. The van der Waals surface area contributed by atoms with Gasteiger partial charge < -0.3 is 15.2 Å². The molecule has 0 aliphatic heterocycles. The molecule has 0 saturated heterocycles. The number of nitrogens with one attached hydrogen (secondary N) is 1. The zero-order valence-corrected chi connectivity index (χ0v) is 13.1. The van der Waals surface area contributed by atoms with Crippen molar-refractivity contribution in [1.82, 2.24) is 5.32 Å². The van der Waals surface area contributed by atoms with Gasteiger partial charge in [0.05, 0.1) is 0 Å². The highest BCUT2D eigenvalue weighted by Crippen LogP contribution is 2.57. The number of carboxylic acids is 1. The van der Waals surface area contributed by atoms with Gasteiger partial charge in [-0.05, 0) is 24.1 Å². The van der Waals surface area contributed by atoms with Crippen LogP contribution < -0.4 is 5.32 Å². The van der Waals surface area contributed by atoms with E-state index in [1.54, 1.807) is 0 Å². The van der Waals surface area contributed by atoms with Crippen LogP contribution in [0.1, 0.15) is 18.9 Å². The monoisotopic (exact) mass is 353 g/mol. The molecule has 1 fully saturated rings. The van der Waals surface area contributed by atoms with Crippen molar-refractivity contribution >= 4 is 28.0 Å². The van der Waals surface area contributed by atoms with E-state index in [2.05, 4.69) is 27.8 Å². The van der Waals surface area contributed by atoms with Gasteiger partial charge in [0, 0.05) is 9.89 Å². The predicted octanol–water partition coefficient (Wildman–Crippen LogP) is 2.85. The topological polar surface area (TPSA) is 75.6 Å². The Labute approximate surface area is 131 Å². The quantitative estimate of drug-likeness (QED) is 0.798. The van der Waals surface area contributed by atoms with Gasteiger partial charge in [-0.15, -0.1) is 0 Å². The molecule has 0 bridgehead atoms. The van der Waals surface area contributed by atoms with Crippen molar-refractivity contribution in [2.45, 2.75) is 24.3 Å². The summed E-state index contributed by atoms with van der Waals surface area (Å²) >= 11 is 3.34. The molecule has 0 radical (unpaired) electrons. The van der Waals surface area contributed by atoms with Gasteiger partial charge in [0.2, 0.25) is 0 Å². The Morgan fingerprint density at radius 2 is 2.10 bits per heavy atom. The van der Waals surface area contributed by atoms with Gasteiger partial charge in [0.25, 0.3) is 0 Å². The fraction of sp³-hybridized carbons (Fsp3) is 0.333. The number of carbonyl (C=O) groups is 2. The van der Waals surface area contributed by atoms with Gasteiger partial charge in [-0.1, -0.05) is 47.6 Å². The minimum absolute atomic E-state index is 0.0382. The standard InChI is InChI=1S/C15H16BrNO4/c1-3-8-21-13(20)17-15(12(18)19)9-14(15,2)10-4-6-11(16)7-5-10/h3-7H,1,8-9H2,2H3,(H,17,20)(H,18,19). The van der Waals surface area contributed by atoms with Crippen molar-refractivity contribution < 1.29 is 19.4 Å². The molecule has 112 valence electrons. The Bertz CT molecular complexity index is 586. The average molecular weight is 354 g/mol. The molecule has 6 heteroatoms. The fourth-order valence-electron chi connectivity index (χ4n) is 2.54. The van der Waals surface area contributed by atoms with Gasteiger partial charge >= 0.3 is 12.1 Å². The Kier molecular flexibility index (Phi) is 4.09. The lowest BCUT2D eigenvalue weighted by atomic mass is 9.92. The van der Waals surface area contributed by atoms with E-state index in [1.165, 1.54) is 6.08 Å². The molecule has 1 aliphatic rings. The third-order valence-corrected chi connectivity index (χ3v) is 4.46. The molecule has 0 spiro atoms. The summed E-state index contributed by atoms with van der Waals surface area (Å²) in [5.74, 6) is -1.07. The average Bonchev–Trinajstić information content (AvgIpc) is 3.04. The van der Waals surface area contributed by atoms with Gasteiger partial charge in [-0.3, -0.25) is 0 Å². The van der Waals surface area contributed by atoms with Crippen molar-refractivity contribution in [3.05, 3.63) is 47.0 Å². The number of hydrogen-bond donors (Lipinski definition) is 2. The number of rotatable bonds is 5. The summed E-state index contributed by atoms with van der Waals surface area (Å²) in [4.78, 5) is 23.3. The fourth-order valence-corrected chi connectivity index (χ4v) is 2.81. The van der Waals surface area contributed by atoms with Crippen molar-refractivity contribution in [3.8, 4) is 0 Å². The smallest absolute Gasteiger partial charge is 0.408 e. The number of aliphatic carboxylic acids is 1.